The second-order valence-corrected chi connectivity index (χ2v) is 7.48. The maximum Gasteiger partial charge on any atom is 0.275 e. The quantitative estimate of drug-likeness (QED) is 0.283. The highest BCUT2D eigenvalue weighted by Crippen LogP contribution is 2.19. The van der Waals surface area contributed by atoms with Gasteiger partial charge in [0.1, 0.15) is 0 Å². The minimum absolute atomic E-state index is 0. The molecular weight excluding hydrogens is 475 g/mol. The molecular formula is C21H24ClIN2O2. The number of hydrogen-bond acceptors (Lipinski definition) is 2. The van der Waals surface area contributed by atoms with Gasteiger partial charge in [0.2, 0.25) is 12.3 Å². The van der Waals surface area contributed by atoms with Gasteiger partial charge in [-0.25, -0.2) is 0 Å². The molecule has 1 N–H and O–H groups in total. The van der Waals surface area contributed by atoms with Crippen molar-refractivity contribution in [3.8, 4) is 0 Å². The van der Waals surface area contributed by atoms with Crippen LogP contribution in [-0.4, -0.2) is 18.7 Å². The number of hydrogen-bond donors (Lipinski definition) is 1. The minimum Gasteiger partial charge on any atom is -1.00 e. The monoisotopic (exact) mass is 498 g/mol. The molecule has 4 nitrogen and oxygen atoms in total. The number of likely N-dealkylation sites (N-methyl/N-ethyl adjacent to an activating group) is 1. The zero-order valence-corrected chi connectivity index (χ0v) is 18.8. The Balaban J connectivity index is 0.00000364. The van der Waals surface area contributed by atoms with E-state index in [9.17, 15) is 9.59 Å². The van der Waals surface area contributed by atoms with E-state index in [1.165, 1.54) is 0 Å². The molecule has 1 amide bonds. The zero-order chi connectivity index (χ0) is 19.3. The molecule has 144 valence electrons. The first-order chi connectivity index (χ1) is 12.2. The van der Waals surface area contributed by atoms with Crippen LogP contribution in [0.25, 0.3) is 11.6 Å². The number of ketones is 1. The summed E-state index contributed by atoms with van der Waals surface area (Å²) >= 11 is 6.24. The number of amides is 1. The summed E-state index contributed by atoms with van der Waals surface area (Å²) in [5.74, 6) is -0.0939. The summed E-state index contributed by atoms with van der Waals surface area (Å²) in [6.07, 6.45) is 3.58. The highest BCUT2D eigenvalue weighted by molar-refractivity contribution is 6.28. The first kappa shape index (κ1) is 23.3. The predicted octanol–water partition coefficient (Wildman–Crippen LogP) is 0.533. The number of nitrogens with one attached hydrogen (secondary N) is 1. The van der Waals surface area contributed by atoms with Gasteiger partial charge in [0.05, 0.1) is 0 Å². The molecule has 27 heavy (non-hydrogen) atoms. The highest BCUT2D eigenvalue weighted by Gasteiger charge is 2.26. The van der Waals surface area contributed by atoms with E-state index in [0.29, 0.717) is 10.7 Å². The van der Waals surface area contributed by atoms with E-state index >= 15 is 0 Å². The molecule has 0 radical (unpaired) electrons. The number of rotatable bonds is 5. The number of aromatic nitrogens is 1. The molecule has 0 aliphatic carbocycles. The van der Waals surface area contributed by atoms with Gasteiger partial charge >= 0.3 is 0 Å². The molecule has 1 heterocycles. The average molecular weight is 499 g/mol. The number of carbonyl (C=O) groups excluding carboxylic acids is 2. The molecule has 0 fully saturated rings. The fourth-order valence-electron chi connectivity index (χ4n) is 2.34. The predicted molar refractivity (Wildman–Crippen MR) is 104 cm³/mol. The summed E-state index contributed by atoms with van der Waals surface area (Å²) in [5.41, 5.74) is 1.71. The van der Waals surface area contributed by atoms with Crippen molar-refractivity contribution in [2.24, 2.45) is 5.41 Å². The van der Waals surface area contributed by atoms with E-state index in [0.717, 1.165) is 11.1 Å². The van der Waals surface area contributed by atoms with E-state index in [1.54, 1.807) is 30.0 Å². The fourth-order valence-corrected chi connectivity index (χ4v) is 2.51. The van der Waals surface area contributed by atoms with Crippen LogP contribution in [-0.2, 0) is 16.1 Å². The van der Waals surface area contributed by atoms with Crippen LogP contribution in [0.2, 0.25) is 5.15 Å². The van der Waals surface area contributed by atoms with Crippen LogP contribution in [0.15, 0.2) is 48.7 Å². The van der Waals surface area contributed by atoms with Gasteiger partial charge in [0.25, 0.3) is 11.1 Å². The maximum atomic E-state index is 12.3. The van der Waals surface area contributed by atoms with Crippen molar-refractivity contribution >= 4 is 34.9 Å². The first-order valence-electron chi connectivity index (χ1n) is 8.44. The van der Waals surface area contributed by atoms with Crippen LogP contribution in [0.1, 0.15) is 31.9 Å². The third-order valence-electron chi connectivity index (χ3n) is 4.01. The van der Waals surface area contributed by atoms with Gasteiger partial charge in [0.15, 0.2) is 6.20 Å². The van der Waals surface area contributed by atoms with Crippen molar-refractivity contribution in [2.45, 2.75) is 27.3 Å². The molecule has 0 bridgehead atoms. The standard InChI is InChI=1S/C21H23ClN2O2.HI/c1-21(2,3)18(25)14-24-13-15(10-11-19(24)22)12-17(20(26)23-4)16-8-6-5-7-9-16;/h5-13H,14H2,1-4H3;1H. The number of halogens is 2. The molecule has 0 aliphatic rings. The SMILES string of the molecule is CNC(=O)C(=Cc1ccc(Cl)[n+](CC(=O)C(C)(C)C)c1)c1ccccc1.[I-]. The third-order valence-corrected chi connectivity index (χ3v) is 4.35. The van der Waals surface area contributed by atoms with Gasteiger partial charge < -0.3 is 29.3 Å². The topological polar surface area (TPSA) is 50.1 Å². The van der Waals surface area contributed by atoms with E-state index in [2.05, 4.69) is 5.32 Å². The van der Waals surface area contributed by atoms with Crippen LogP contribution >= 0.6 is 11.6 Å². The fraction of sp³-hybridized carbons (Fsp3) is 0.286. The molecule has 0 atom stereocenters. The normalized spacial score (nSPS) is 11.5. The van der Waals surface area contributed by atoms with Crippen molar-refractivity contribution in [3.05, 3.63) is 64.9 Å². The van der Waals surface area contributed by atoms with Gasteiger partial charge in [-0.2, -0.15) is 4.57 Å². The molecule has 0 saturated heterocycles. The van der Waals surface area contributed by atoms with Gasteiger partial charge in [0, 0.05) is 29.7 Å². The van der Waals surface area contributed by atoms with Gasteiger partial charge in [-0.05, 0) is 29.3 Å². The molecule has 0 aliphatic heterocycles. The lowest BCUT2D eigenvalue weighted by atomic mass is 9.91. The van der Waals surface area contributed by atoms with Gasteiger partial charge in [-0.1, -0.05) is 51.1 Å². The highest BCUT2D eigenvalue weighted by atomic mass is 127. The molecule has 0 spiro atoms. The van der Waals surface area contributed by atoms with Crippen molar-refractivity contribution in [2.75, 3.05) is 7.05 Å². The summed E-state index contributed by atoms with van der Waals surface area (Å²) in [6.45, 7) is 5.83. The number of nitrogens with zero attached hydrogens (tertiary/aromatic N) is 1. The molecule has 1 aromatic carbocycles. The van der Waals surface area contributed by atoms with Crippen LogP contribution in [0.4, 0.5) is 0 Å². The van der Waals surface area contributed by atoms with Crippen LogP contribution in [0.3, 0.4) is 0 Å². The zero-order valence-electron chi connectivity index (χ0n) is 15.9. The second kappa shape index (κ2) is 9.99. The lowest BCUT2D eigenvalue weighted by Crippen LogP contribution is -3.00. The van der Waals surface area contributed by atoms with Gasteiger partial charge in [-0.15, -0.1) is 0 Å². The Morgan fingerprint density at radius 2 is 1.74 bits per heavy atom. The Kier molecular flexibility index (Phi) is 8.62. The molecule has 2 aromatic rings. The molecule has 6 heteroatoms. The Hall–Kier alpha value is -1.73. The Morgan fingerprint density at radius 3 is 2.30 bits per heavy atom. The summed E-state index contributed by atoms with van der Waals surface area (Å²) in [4.78, 5) is 24.6. The summed E-state index contributed by atoms with van der Waals surface area (Å²) in [6, 6.07) is 13.0. The number of Topliss-reactive ketones (excluding diaryl/α,β-unsaturated/α-hetero) is 1. The van der Waals surface area contributed by atoms with Gasteiger partial charge in [-0.3, -0.25) is 9.59 Å². The van der Waals surface area contributed by atoms with Crippen molar-refractivity contribution in [1.29, 1.82) is 0 Å². The van der Waals surface area contributed by atoms with E-state index in [4.69, 9.17) is 11.6 Å². The molecule has 0 unspecified atom stereocenters. The van der Waals surface area contributed by atoms with E-state index in [-0.39, 0.29) is 42.2 Å². The summed E-state index contributed by atoms with van der Waals surface area (Å²) < 4.78 is 1.70. The molecule has 0 saturated carbocycles. The summed E-state index contributed by atoms with van der Waals surface area (Å²) in [7, 11) is 1.60. The Morgan fingerprint density at radius 1 is 1.11 bits per heavy atom. The Bertz CT molecular complexity index is 843. The number of carbonyl (C=O) groups is 2. The maximum absolute atomic E-state index is 12.3. The number of benzene rings is 1. The third kappa shape index (κ3) is 6.43. The lowest BCUT2D eigenvalue weighted by molar-refractivity contribution is -0.682. The molecule has 2 rings (SSSR count). The van der Waals surface area contributed by atoms with Crippen molar-refractivity contribution in [3.63, 3.8) is 0 Å². The smallest absolute Gasteiger partial charge is 0.275 e. The number of pyridine rings is 1. The lowest BCUT2D eigenvalue weighted by Gasteiger charge is -2.14. The minimum atomic E-state index is -0.445. The van der Waals surface area contributed by atoms with Crippen LogP contribution < -0.4 is 33.9 Å². The average Bonchev–Trinajstić information content (AvgIpc) is 2.61. The van der Waals surface area contributed by atoms with Crippen LogP contribution in [0.5, 0.6) is 0 Å². The van der Waals surface area contributed by atoms with E-state index < -0.39 is 5.41 Å². The largest absolute Gasteiger partial charge is 1.00 e. The second-order valence-electron chi connectivity index (χ2n) is 7.09. The Labute approximate surface area is 182 Å². The van der Waals surface area contributed by atoms with E-state index in [1.807, 2.05) is 57.2 Å². The van der Waals surface area contributed by atoms with Crippen molar-refractivity contribution < 1.29 is 38.1 Å². The molecule has 1 aromatic heterocycles. The first-order valence-corrected chi connectivity index (χ1v) is 8.81. The van der Waals surface area contributed by atoms with Crippen LogP contribution in [0, 0.1) is 5.41 Å². The van der Waals surface area contributed by atoms with Crippen molar-refractivity contribution in [1.82, 2.24) is 5.32 Å². The summed E-state index contributed by atoms with van der Waals surface area (Å²) in [5, 5.41) is 3.14.